The summed E-state index contributed by atoms with van der Waals surface area (Å²) in [5.74, 6) is -0.299. The van der Waals surface area contributed by atoms with E-state index >= 15 is 0 Å². The van der Waals surface area contributed by atoms with E-state index in [0.717, 1.165) is 29.8 Å². The lowest BCUT2D eigenvalue weighted by atomic mass is 9.97. The van der Waals surface area contributed by atoms with Crippen LogP contribution in [0.2, 0.25) is 0 Å². The number of carbonyl (C=O) groups is 1. The average Bonchev–Trinajstić information content (AvgIpc) is 2.53. The number of rotatable bonds is 7. The van der Waals surface area contributed by atoms with Gasteiger partial charge in [-0.3, -0.25) is 9.10 Å². The Hall–Kier alpha value is -1.34. The quantitative estimate of drug-likeness (QED) is 0.696. The maximum Gasteiger partial charge on any atom is 0.240 e. The van der Waals surface area contributed by atoms with Crippen molar-refractivity contribution in [1.82, 2.24) is 5.32 Å². The van der Waals surface area contributed by atoms with Crippen molar-refractivity contribution < 1.29 is 13.2 Å². The lowest BCUT2D eigenvalue weighted by Crippen LogP contribution is -2.40. The number of sulfonamides is 1. The number of halogens is 1. The number of benzene rings is 1. The Morgan fingerprint density at radius 2 is 2.04 bits per heavy atom. The Bertz CT molecular complexity index is 716. The van der Waals surface area contributed by atoms with E-state index in [0.29, 0.717) is 16.7 Å². The van der Waals surface area contributed by atoms with Crippen LogP contribution in [0.15, 0.2) is 40.4 Å². The van der Waals surface area contributed by atoms with Gasteiger partial charge in [-0.25, -0.2) is 8.42 Å². The van der Waals surface area contributed by atoms with Crippen molar-refractivity contribution in [3.05, 3.63) is 40.4 Å². The summed E-state index contributed by atoms with van der Waals surface area (Å²) in [4.78, 5) is 12.2. The Morgan fingerprint density at radius 3 is 2.67 bits per heavy atom. The molecule has 5 nitrogen and oxygen atoms in total. The molecule has 0 radical (unpaired) electrons. The van der Waals surface area contributed by atoms with E-state index in [1.54, 1.807) is 24.3 Å². The first-order valence-electron chi connectivity index (χ1n) is 8.05. The molecule has 0 spiro atoms. The van der Waals surface area contributed by atoms with E-state index in [1.165, 1.54) is 18.4 Å². The van der Waals surface area contributed by atoms with Crippen molar-refractivity contribution in [2.45, 2.75) is 32.1 Å². The largest absolute Gasteiger partial charge is 0.354 e. The van der Waals surface area contributed by atoms with Crippen molar-refractivity contribution >= 4 is 37.5 Å². The third-order valence-electron chi connectivity index (χ3n) is 3.96. The summed E-state index contributed by atoms with van der Waals surface area (Å²) < 4.78 is 25.9. The SMILES string of the molecule is CS(=O)(=O)N(CC(=O)NCCC1=CCCCC1)c1ccccc1Br. The predicted octanol–water partition coefficient (Wildman–Crippen LogP) is 3.22. The second kappa shape index (κ2) is 8.67. The average molecular weight is 415 g/mol. The Morgan fingerprint density at radius 1 is 1.29 bits per heavy atom. The van der Waals surface area contributed by atoms with E-state index < -0.39 is 10.0 Å². The highest BCUT2D eigenvalue weighted by Gasteiger charge is 2.22. The molecule has 1 N–H and O–H groups in total. The molecule has 0 heterocycles. The third kappa shape index (κ3) is 5.63. The molecule has 0 aliphatic heterocycles. The van der Waals surface area contributed by atoms with Crippen molar-refractivity contribution in [2.75, 3.05) is 23.7 Å². The highest BCUT2D eigenvalue weighted by Crippen LogP contribution is 2.27. The number of nitrogens with one attached hydrogen (secondary N) is 1. The van der Waals surface area contributed by atoms with Crippen LogP contribution in [0, 0.1) is 0 Å². The molecule has 0 atom stereocenters. The van der Waals surface area contributed by atoms with Gasteiger partial charge in [0.15, 0.2) is 0 Å². The van der Waals surface area contributed by atoms with Crippen LogP contribution in [0.1, 0.15) is 32.1 Å². The zero-order valence-electron chi connectivity index (χ0n) is 13.8. The fraction of sp³-hybridized carbons (Fsp3) is 0.471. The number of amides is 1. The number of allylic oxidation sites excluding steroid dienone is 1. The van der Waals surface area contributed by atoms with Gasteiger partial charge in [0.1, 0.15) is 6.54 Å². The van der Waals surface area contributed by atoms with Crippen LogP contribution in [0.3, 0.4) is 0 Å². The summed E-state index contributed by atoms with van der Waals surface area (Å²) in [6.45, 7) is 0.318. The molecule has 7 heteroatoms. The van der Waals surface area contributed by atoms with Crippen molar-refractivity contribution in [3.8, 4) is 0 Å². The monoisotopic (exact) mass is 414 g/mol. The fourth-order valence-corrected chi connectivity index (χ4v) is 4.20. The molecule has 0 fully saturated rings. The maximum absolute atomic E-state index is 12.2. The first-order chi connectivity index (χ1) is 11.4. The van der Waals surface area contributed by atoms with Crippen LogP contribution in [0.4, 0.5) is 5.69 Å². The molecule has 132 valence electrons. The van der Waals surface area contributed by atoms with Crippen LogP contribution in [0.25, 0.3) is 0 Å². The molecule has 24 heavy (non-hydrogen) atoms. The molecular formula is C17H23BrN2O3S. The summed E-state index contributed by atoms with van der Waals surface area (Å²) in [5.41, 5.74) is 1.84. The molecule has 1 aliphatic rings. The van der Waals surface area contributed by atoms with E-state index in [2.05, 4.69) is 27.3 Å². The number of para-hydroxylation sites is 1. The Balaban J connectivity index is 1.96. The lowest BCUT2D eigenvalue weighted by Gasteiger charge is -2.23. The highest BCUT2D eigenvalue weighted by atomic mass is 79.9. The topological polar surface area (TPSA) is 66.5 Å². The van der Waals surface area contributed by atoms with Gasteiger partial charge in [0.25, 0.3) is 0 Å². The van der Waals surface area contributed by atoms with E-state index in [4.69, 9.17) is 0 Å². The molecule has 0 bridgehead atoms. The molecule has 0 saturated heterocycles. The summed E-state index contributed by atoms with van der Waals surface area (Å²) in [6, 6.07) is 6.96. The molecule has 1 aromatic rings. The smallest absolute Gasteiger partial charge is 0.240 e. The first kappa shape index (κ1) is 19.0. The molecule has 0 aromatic heterocycles. The molecule has 0 unspecified atom stereocenters. The normalized spacial score (nSPS) is 14.8. The van der Waals surface area contributed by atoms with Crippen LogP contribution in [-0.4, -0.2) is 33.7 Å². The van der Waals surface area contributed by atoms with Gasteiger partial charge in [0.2, 0.25) is 15.9 Å². The van der Waals surface area contributed by atoms with Crippen LogP contribution >= 0.6 is 15.9 Å². The van der Waals surface area contributed by atoms with Gasteiger partial charge in [0.05, 0.1) is 11.9 Å². The van der Waals surface area contributed by atoms with Gasteiger partial charge in [-0.2, -0.15) is 0 Å². The minimum absolute atomic E-state index is 0.222. The molecule has 0 saturated carbocycles. The Labute approximate surface area is 152 Å². The van der Waals surface area contributed by atoms with Crippen molar-refractivity contribution in [3.63, 3.8) is 0 Å². The van der Waals surface area contributed by atoms with E-state index in [9.17, 15) is 13.2 Å². The third-order valence-corrected chi connectivity index (χ3v) is 5.76. The van der Waals surface area contributed by atoms with Crippen molar-refractivity contribution in [1.29, 1.82) is 0 Å². The fourth-order valence-electron chi connectivity index (χ4n) is 2.72. The second-order valence-corrected chi connectivity index (χ2v) is 8.69. The standard InChI is InChI=1S/C17H23BrN2O3S/c1-24(22,23)20(16-10-6-5-9-15(16)18)13-17(21)19-12-11-14-7-3-2-4-8-14/h5-7,9-10H,2-4,8,11-13H2,1H3,(H,19,21). The zero-order chi connectivity index (χ0) is 17.6. The van der Waals surface area contributed by atoms with Crippen molar-refractivity contribution in [2.24, 2.45) is 0 Å². The lowest BCUT2D eigenvalue weighted by molar-refractivity contribution is -0.119. The molecule has 1 aliphatic carbocycles. The van der Waals surface area contributed by atoms with Gasteiger partial charge in [-0.15, -0.1) is 0 Å². The molecule has 2 rings (SSSR count). The van der Waals surface area contributed by atoms with Gasteiger partial charge in [-0.1, -0.05) is 23.8 Å². The predicted molar refractivity (Wildman–Crippen MR) is 101 cm³/mol. The number of hydrogen-bond donors (Lipinski definition) is 1. The number of nitrogens with zero attached hydrogens (tertiary/aromatic N) is 1. The summed E-state index contributed by atoms with van der Waals surface area (Å²) in [5, 5.41) is 2.82. The maximum atomic E-state index is 12.2. The highest BCUT2D eigenvalue weighted by molar-refractivity contribution is 9.10. The number of anilines is 1. The van der Waals surface area contributed by atoms with Crippen LogP contribution in [-0.2, 0) is 14.8 Å². The second-order valence-electron chi connectivity index (χ2n) is 5.93. The Kier molecular flexibility index (Phi) is 6.86. The van der Waals surface area contributed by atoms with Gasteiger partial charge < -0.3 is 5.32 Å². The number of hydrogen-bond acceptors (Lipinski definition) is 3. The summed E-state index contributed by atoms with van der Waals surface area (Å²) in [6.07, 6.45) is 8.86. The number of carbonyl (C=O) groups excluding carboxylic acids is 1. The van der Waals surface area contributed by atoms with Gasteiger partial charge in [-0.05, 0) is 60.2 Å². The minimum Gasteiger partial charge on any atom is -0.354 e. The molecule has 1 amide bonds. The zero-order valence-corrected chi connectivity index (χ0v) is 16.2. The van der Waals surface area contributed by atoms with Crippen LogP contribution in [0.5, 0.6) is 0 Å². The van der Waals surface area contributed by atoms with Gasteiger partial charge in [0, 0.05) is 11.0 Å². The molecule has 1 aromatic carbocycles. The first-order valence-corrected chi connectivity index (χ1v) is 10.7. The minimum atomic E-state index is -3.55. The molecular weight excluding hydrogens is 392 g/mol. The summed E-state index contributed by atoms with van der Waals surface area (Å²) in [7, 11) is -3.55. The van der Waals surface area contributed by atoms with E-state index in [1.807, 2.05) is 0 Å². The summed E-state index contributed by atoms with van der Waals surface area (Å²) >= 11 is 3.34. The van der Waals surface area contributed by atoms with Gasteiger partial charge >= 0.3 is 0 Å². The van der Waals surface area contributed by atoms with E-state index in [-0.39, 0.29) is 12.5 Å². The van der Waals surface area contributed by atoms with Crippen LogP contribution < -0.4 is 9.62 Å².